The van der Waals surface area contributed by atoms with E-state index in [2.05, 4.69) is 4.74 Å². The number of halogens is 3. The Morgan fingerprint density at radius 3 is 2.00 bits per heavy atom. The molecule has 7 heteroatoms. The Balaban J connectivity index is 0. The molecule has 0 bridgehead atoms. The molecule has 0 aliphatic heterocycles. The molecule has 0 saturated carbocycles. The van der Waals surface area contributed by atoms with Crippen molar-refractivity contribution in [2.45, 2.75) is 13.8 Å². The zero-order valence-corrected chi connectivity index (χ0v) is 12.1. The summed E-state index contributed by atoms with van der Waals surface area (Å²) in [6.07, 6.45) is 0. The first-order valence-corrected chi connectivity index (χ1v) is 4.28. The van der Waals surface area contributed by atoms with Crippen LogP contribution in [0.3, 0.4) is 0 Å². The van der Waals surface area contributed by atoms with Crippen LogP contribution in [-0.4, -0.2) is 33.3 Å². The van der Waals surface area contributed by atoms with Crippen LogP contribution in [0.2, 0.25) is 0 Å². The van der Waals surface area contributed by atoms with E-state index >= 15 is 0 Å². The molecule has 80 valence electrons. The van der Waals surface area contributed by atoms with E-state index in [1.807, 2.05) is 13.8 Å². The summed E-state index contributed by atoms with van der Waals surface area (Å²) in [5.41, 5.74) is 0. The smallest absolute Gasteiger partial charge is 0.447 e. The van der Waals surface area contributed by atoms with Crippen LogP contribution in [0.5, 0.6) is 0 Å². The summed E-state index contributed by atoms with van der Waals surface area (Å²) in [7, 11) is 0. The second kappa shape index (κ2) is 9.62. The van der Waals surface area contributed by atoms with Gasteiger partial charge >= 0.3 is 58.4 Å². The summed E-state index contributed by atoms with van der Waals surface area (Å²) >= 11 is 0. The monoisotopic (exact) mass is 238 g/mol. The van der Waals surface area contributed by atoms with Gasteiger partial charge < -0.3 is 22.4 Å². The third kappa shape index (κ3) is 15.9. The average molecular weight is 238 g/mol. The standard InChI is InChI=1S/C7H15BF3O2.K/c1-7(2)5-12-3-4-13-6-8(9,10)11;/h7H,3-6H2,1-2H3;/q-1;+1. The summed E-state index contributed by atoms with van der Waals surface area (Å²) in [4.78, 5) is 0. The van der Waals surface area contributed by atoms with Crippen molar-refractivity contribution in [1.82, 2.24) is 0 Å². The third-order valence-electron chi connectivity index (χ3n) is 1.13. The van der Waals surface area contributed by atoms with Gasteiger partial charge in [0.2, 0.25) is 0 Å². The van der Waals surface area contributed by atoms with Gasteiger partial charge in [-0.2, -0.15) is 0 Å². The summed E-state index contributed by atoms with van der Waals surface area (Å²) in [5.74, 6) is 0.395. The van der Waals surface area contributed by atoms with Gasteiger partial charge in [-0.1, -0.05) is 13.8 Å². The first-order valence-electron chi connectivity index (χ1n) is 4.28. The Bertz CT molecular complexity index is 133. The molecule has 0 fully saturated rings. The van der Waals surface area contributed by atoms with Gasteiger partial charge in [-0.05, 0) is 5.92 Å². The fraction of sp³-hybridized carbons (Fsp3) is 1.00. The molecule has 0 heterocycles. The van der Waals surface area contributed by atoms with Gasteiger partial charge in [0.1, 0.15) is 0 Å². The van der Waals surface area contributed by atoms with Crippen LogP contribution in [0.15, 0.2) is 0 Å². The Morgan fingerprint density at radius 1 is 1.07 bits per heavy atom. The quantitative estimate of drug-likeness (QED) is 0.421. The normalized spacial score (nSPS) is 11.6. The number of hydrogen-bond donors (Lipinski definition) is 0. The van der Waals surface area contributed by atoms with Gasteiger partial charge in [0, 0.05) is 13.1 Å². The molecule has 0 aromatic heterocycles. The van der Waals surface area contributed by atoms with Gasteiger partial charge in [-0.15, -0.1) is 0 Å². The van der Waals surface area contributed by atoms with Gasteiger partial charge in [0.05, 0.1) is 13.2 Å². The summed E-state index contributed by atoms with van der Waals surface area (Å²) in [6, 6.07) is 0. The van der Waals surface area contributed by atoms with Crippen LogP contribution in [0, 0.1) is 5.92 Å². The first kappa shape index (κ1) is 17.8. The van der Waals surface area contributed by atoms with Crippen molar-refractivity contribution in [3.63, 3.8) is 0 Å². The molecule has 0 aromatic rings. The van der Waals surface area contributed by atoms with Crippen LogP contribution in [-0.2, 0) is 9.47 Å². The molecule has 0 aromatic carbocycles. The number of ether oxygens (including phenoxy) is 2. The number of hydrogen-bond acceptors (Lipinski definition) is 2. The zero-order valence-electron chi connectivity index (χ0n) is 8.93. The zero-order chi connectivity index (χ0) is 10.3. The predicted molar refractivity (Wildman–Crippen MR) is 45.6 cm³/mol. The van der Waals surface area contributed by atoms with Gasteiger partial charge in [0.15, 0.2) is 0 Å². The third-order valence-corrected chi connectivity index (χ3v) is 1.13. The van der Waals surface area contributed by atoms with E-state index in [-0.39, 0.29) is 64.6 Å². The fourth-order valence-corrected chi connectivity index (χ4v) is 0.654. The molecule has 0 atom stereocenters. The SMILES string of the molecule is CC(C)COCCOC[B-](F)(F)F.[K+]. The molecule has 14 heavy (non-hydrogen) atoms. The van der Waals surface area contributed by atoms with Crippen molar-refractivity contribution in [2.75, 3.05) is 26.3 Å². The molecule has 0 radical (unpaired) electrons. The Kier molecular flexibility index (Phi) is 12.2. The minimum absolute atomic E-state index is 0. The predicted octanol–water partition coefficient (Wildman–Crippen LogP) is -0.934. The minimum Gasteiger partial charge on any atom is -0.447 e. The molecule has 0 N–H and O–H groups in total. The van der Waals surface area contributed by atoms with Crippen LogP contribution in [0.4, 0.5) is 12.9 Å². The van der Waals surface area contributed by atoms with Gasteiger partial charge in [-0.25, -0.2) is 0 Å². The molecule has 0 saturated heterocycles. The average Bonchev–Trinajstić information content (AvgIpc) is 1.93. The van der Waals surface area contributed by atoms with Gasteiger partial charge in [0.25, 0.3) is 0 Å². The largest absolute Gasteiger partial charge is 1.00 e. The molecule has 0 spiro atoms. The summed E-state index contributed by atoms with van der Waals surface area (Å²) < 4.78 is 44.2. The minimum atomic E-state index is -4.81. The summed E-state index contributed by atoms with van der Waals surface area (Å²) in [6.45, 7) is -1.21. The van der Waals surface area contributed by atoms with Crippen molar-refractivity contribution in [2.24, 2.45) is 5.92 Å². The Morgan fingerprint density at radius 2 is 1.57 bits per heavy atom. The molecular weight excluding hydrogens is 223 g/mol. The first-order chi connectivity index (χ1) is 5.92. The molecule has 0 aliphatic carbocycles. The van der Waals surface area contributed by atoms with Crippen LogP contribution < -0.4 is 51.4 Å². The van der Waals surface area contributed by atoms with E-state index in [1.165, 1.54) is 0 Å². The van der Waals surface area contributed by atoms with Crippen LogP contribution >= 0.6 is 0 Å². The molecule has 0 aliphatic rings. The van der Waals surface area contributed by atoms with E-state index in [0.29, 0.717) is 12.5 Å². The van der Waals surface area contributed by atoms with E-state index in [0.717, 1.165) is 0 Å². The maximum absolute atomic E-state index is 11.6. The fourth-order valence-electron chi connectivity index (χ4n) is 0.654. The second-order valence-corrected chi connectivity index (χ2v) is 3.25. The number of rotatable bonds is 7. The maximum Gasteiger partial charge on any atom is 1.00 e. The van der Waals surface area contributed by atoms with E-state index < -0.39 is 13.5 Å². The van der Waals surface area contributed by atoms with Crippen molar-refractivity contribution >= 4 is 6.98 Å². The van der Waals surface area contributed by atoms with Gasteiger partial charge in [-0.3, -0.25) is 0 Å². The van der Waals surface area contributed by atoms with Crippen LogP contribution in [0.25, 0.3) is 0 Å². The van der Waals surface area contributed by atoms with Crippen molar-refractivity contribution < 1.29 is 73.8 Å². The van der Waals surface area contributed by atoms with Crippen LogP contribution in [0.1, 0.15) is 13.8 Å². The second-order valence-electron chi connectivity index (χ2n) is 3.25. The van der Waals surface area contributed by atoms with E-state index in [1.54, 1.807) is 0 Å². The Hall–Kier alpha value is 1.41. The van der Waals surface area contributed by atoms with E-state index in [4.69, 9.17) is 4.74 Å². The maximum atomic E-state index is 11.6. The van der Waals surface area contributed by atoms with Crippen molar-refractivity contribution in [3.05, 3.63) is 0 Å². The molecule has 0 unspecified atom stereocenters. The molecule has 2 nitrogen and oxygen atoms in total. The summed E-state index contributed by atoms with van der Waals surface area (Å²) in [5, 5.41) is 0. The van der Waals surface area contributed by atoms with E-state index in [9.17, 15) is 12.9 Å². The molecule has 0 amide bonds. The molecular formula is C7H15BF3KO2. The molecule has 0 rings (SSSR count). The topological polar surface area (TPSA) is 18.5 Å². The van der Waals surface area contributed by atoms with Crippen molar-refractivity contribution in [3.8, 4) is 0 Å². The van der Waals surface area contributed by atoms with Crippen molar-refractivity contribution in [1.29, 1.82) is 0 Å². The Labute approximate surface area is 125 Å².